The number of carbonyl (C=O) groups is 1. The molecule has 0 fully saturated rings. The first-order valence-electron chi connectivity index (χ1n) is 8.46. The lowest BCUT2D eigenvalue weighted by atomic mass is 9.87. The first-order valence-corrected chi connectivity index (χ1v) is 9.95. The zero-order valence-electron chi connectivity index (χ0n) is 15.9. The predicted octanol–water partition coefficient (Wildman–Crippen LogP) is 3.52. The number of nitrogens with one attached hydrogen (secondary N) is 2. The molecule has 0 unspecified atom stereocenters. The SMILES string of the molecule is Cc1ccc(S(=O)(=O)NCC(=O)Nc2ccc(C(C)(C)C)cc2)cc1C. The van der Waals surface area contributed by atoms with E-state index in [1.165, 1.54) is 6.07 Å². The van der Waals surface area contributed by atoms with Crippen molar-refractivity contribution < 1.29 is 13.2 Å². The number of aryl methyl sites for hydroxylation is 2. The van der Waals surface area contributed by atoms with E-state index in [0.717, 1.165) is 16.7 Å². The van der Waals surface area contributed by atoms with Crippen molar-refractivity contribution in [2.75, 3.05) is 11.9 Å². The molecule has 0 atom stereocenters. The Balaban J connectivity index is 1.98. The minimum atomic E-state index is -3.72. The van der Waals surface area contributed by atoms with Crippen LogP contribution in [0.3, 0.4) is 0 Å². The van der Waals surface area contributed by atoms with Gasteiger partial charge in [0.1, 0.15) is 0 Å². The largest absolute Gasteiger partial charge is 0.325 e. The van der Waals surface area contributed by atoms with Crippen LogP contribution in [0.5, 0.6) is 0 Å². The van der Waals surface area contributed by atoms with Gasteiger partial charge in [0.2, 0.25) is 15.9 Å². The molecule has 0 saturated heterocycles. The van der Waals surface area contributed by atoms with Gasteiger partial charge in [-0.2, -0.15) is 0 Å². The van der Waals surface area contributed by atoms with E-state index in [-0.39, 0.29) is 16.9 Å². The molecule has 0 aliphatic carbocycles. The van der Waals surface area contributed by atoms with Crippen molar-refractivity contribution in [1.82, 2.24) is 4.72 Å². The van der Waals surface area contributed by atoms with Gasteiger partial charge in [0, 0.05) is 5.69 Å². The Labute approximate surface area is 155 Å². The summed E-state index contributed by atoms with van der Waals surface area (Å²) in [5, 5.41) is 2.70. The molecule has 0 aromatic heterocycles. The maximum atomic E-state index is 12.3. The van der Waals surface area contributed by atoms with Gasteiger partial charge in [-0.3, -0.25) is 4.79 Å². The Bertz CT molecular complexity index is 896. The van der Waals surface area contributed by atoms with Crippen LogP contribution < -0.4 is 10.0 Å². The van der Waals surface area contributed by atoms with Crippen LogP contribution in [-0.4, -0.2) is 20.9 Å². The van der Waals surface area contributed by atoms with Crippen molar-refractivity contribution in [2.45, 2.75) is 44.9 Å². The summed E-state index contributed by atoms with van der Waals surface area (Å²) in [6.07, 6.45) is 0. The average Bonchev–Trinajstić information content (AvgIpc) is 2.55. The van der Waals surface area contributed by atoms with E-state index in [1.54, 1.807) is 12.1 Å². The van der Waals surface area contributed by atoms with E-state index >= 15 is 0 Å². The molecule has 26 heavy (non-hydrogen) atoms. The second kappa shape index (κ2) is 7.60. The van der Waals surface area contributed by atoms with Gasteiger partial charge < -0.3 is 5.32 Å². The Kier molecular flexibility index (Phi) is 5.88. The first-order chi connectivity index (χ1) is 12.0. The Hall–Kier alpha value is -2.18. The van der Waals surface area contributed by atoms with E-state index < -0.39 is 15.9 Å². The smallest absolute Gasteiger partial charge is 0.241 e. The van der Waals surface area contributed by atoms with E-state index in [4.69, 9.17) is 0 Å². The lowest BCUT2D eigenvalue weighted by Gasteiger charge is -2.19. The van der Waals surface area contributed by atoms with Crippen molar-refractivity contribution in [2.24, 2.45) is 0 Å². The normalized spacial score (nSPS) is 12.0. The highest BCUT2D eigenvalue weighted by molar-refractivity contribution is 7.89. The van der Waals surface area contributed by atoms with Crippen LogP contribution in [0.4, 0.5) is 5.69 Å². The predicted molar refractivity (Wildman–Crippen MR) is 105 cm³/mol. The maximum Gasteiger partial charge on any atom is 0.241 e. The molecule has 2 rings (SSSR count). The molecule has 0 bridgehead atoms. The minimum Gasteiger partial charge on any atom is -0.325 e. The molecule has 0 heterocycles. The fourth-order valence-corrected chi connectivity index (χ4v) is 3.45. The quantitative estimate of drug-likeness (QED) is 0.841. The lowest BCUT2D eigenvalue weighted by molar-refractivity contribution is -0.115. The molecule has 0 saturated carbocycles. The minimum absolute atomic E-state index is 0.0321. The molecule has 0 radical (unpaired) electrons. The summed E-state index contributed by atoms with van der Waals surface area (Å²) in [4.78, 5) is 12.2. The van der Waals surface area contributed by atoms with Gasteiger partial charge >= 0.3 is 0 Å². The maximum absolute atomic E-state index is 12.3. The number of rotatable bonds is 5. The number of carbonyl (C=O) groups excluding carboxylic acids is 1. The van der Waals surface area contributed by atoms with Gasteiger partial charge in [0.15, 0.2) is 0 Å². The topological polar surface area (TPSA) is 75.3 Å². The van der Waals surface area contributed by atoms with Gasteiger partial charge in [-0.25, -0.2) is 13.1 Å². The van der Waals surface area contributed by atoms with Crippen LogP contribution in [0.2, 0.25) is 0 Å². The summed E-state index contributed by atoms with van der Waals surface area (Å²) in [7, 11) is -3.72. The van der Waals surface area contributed by atoms with Gasteiger partial charge in [-0.15, -0.1) is 0 Å². The highest BCUT2D eigenvalue weighted by Gasteiger charge is 2.17. The van der Waals surface area contributed by atoms with E-state index in [2.05, 4.69) is 30.8 Å². The third kappa shape index (κ3) is 5.16. The zero-order valence-corrected chi connectivity index (χ0v) is 16.7. The molecule has 5 nitrogen and oxygen atoms in total. The molecule has 6 heteroatoms. The molecule has 140 valence electrons. The Morgan fingerprint density at radius 2 is 1.58 bits per heavy atom. The Morgan fingerprint density at radius 3 is 2.12 bits per heavy atom. The fraction of sp³-hybridized carbons (Fsp3) is 0.350. The number of hydrogen-bond donors (Lipinski definition) is 2. The van der Waals surface area contributed by atoms with Gasteiger partial charge in [-0.05, 0) is 60.2 Å². The fourth-order valence-electron chi connectivity index (χ4n) is 2.38. The van der Waals surface area contributed by atoms with E-state index in [9.17, 15) is 13.2 Å². The Morgan fingerprint density at radius 1 is 0.962 bits per heavy atom. The number of anilines is 1. The number of amides is 1. The molecular formula is C20H26N2O3S. The summed E-state index contributed by atoms with van der Waals surface area (Å²) >= 11 is 0. The molecule has 2 aromatic rings. The third-order valence-electron chi connectivity index (χ3n) is 4.25. The van der Waals surface area contributed by atoms with Crippen LogP contribution in [-0.2, 0) is 20.2 Å². The van der Waals surface area contributed by atoms with E-state index in [0.29, 0.717) is 5.69 Å². The van der Waals surface area contributed by atoms with Crippen LogP contribution in [0, 0.1) is 13.8 Å². The number of hydrogen-bond acceptors (Lipinski definition) is 3. The van der Waals surface area contributed by atoms with Crippen molar-refractivity contribution in [3.05, 3.63) is 59.2 Å². The highest BCUT2D eigenvalue weighted by atomic mass is 32.2. The second-order valence-corrected chi connectivity index (χ2v) is 9.21. The monoisotopic (exact) mass is 374 g/mol. The van der Waals surface area contributed by atoms with Crippen LogP contribution >= 0.6 is 0 Å². The molecule has 2 aromatic carbocycles. The number of sulfonamides is 1. The molecule has 2 N–H and O–H groups in total. The summed E-state index contributed by atoms with van der Waals surface area (Å²) in [5.41, 5.74) is 3.72. The second-order valence-electron chi connectivity index (χ2n) is 7.45. The number of benzene rings is 2. The summed E-state index contributed by atoms with van der Waals surface area (Å²) in [6.45, 7) is 9.78. The van der Waals surface area contributed by atoms with Gasteiger partial charge in [-0.1, -0.05) is 39.0 Å². The van der Waals surface area contributed by atoms with Crippen molar-refractivity contribution in [1.29, 1.82) is 0 Å². The van der Waals surface area contributed by atoms with Crippen LogP contribution in [0.25, 0.3) is 0 Å². The van der Waals surface area contributed by atoms with E-state index in [1.807, 2.05) is 38.1 Å². The summed E-state index contributed by atoms with van der Waals surface area (Å²) in [5.74, 6) is -0.416. The lowest BCUT2D eigenvalue weighted by Crippen LogP contribution is -2.33. The summed E-state index contributed by atoms with van der Waals surface area (Å²) in [6, 6.07) is 12.4. The van der Waals surface area contributed by atoms with Crippen molar-refractivity contribution in [3.8, 4) is 0 Å². The molecule has 0 spiro atoms. The molecule has 0 aliphatic rings. The molecule has 1 amide bonds. The summed E-state index contributed by atoms with van der Waals surface area (Å²) < 4.78 is 27.0. The molecule has 0 aliphatic heterocycles. The molecular weight excluding hydrogens is 348 g/mol. The van der Waals surface area contributed by atoms with Gasteiger partial charge in [0.25, 0.3) is 0 Å². The van der Waals surface area contributed by atoms with Crippen molar-refractivity contribution >= 4 is 21.6 Å². The zero-order chi connectivity index (χ0) is 19.5. The van der Waals surface area contributed by atoms with Crippen LogP contribution in [0.1, 0.15) is 37.5 Å². The third-order valence-corrected chi connectivity index (χ3v) is 5.65. The van der Waals surface area contributed by atoms with Gasteiger partial charge in [0.05, 0.1) is 11.4 Å². The standard InChI is InChI=1S/C20H26N2O3S/c1-14-6-11-18(12-15(14)2)26(24,25)21-13-19(23)22-17-9-7-16(8-10-17)20(3,4)5/h6-12,21H,13H2,1-5H3,(H,22,23). The average molecular weight is 375 g/mol. The van der Waals surface area contributed by atoms with Crippen molar-refractivity contribution in [3.63, 3.8) is 0 Å². The highest BCUT2D eigenvalue weighted by Crippen LogP contribution is 2.23. The van der Waals surface area contributed by atoms with Crippen LogP contribution in [0.15, 0.2) is 47.4 Å². The first kappa shape index (κ1) is 20.1.